The van der Waals surface area contributed by atoms with Crippen LogP contribution < -0.4 is 15.0 Å². The highest BCUT2D eigenvalue weighted by molar-refractivity contribution is 9.11. The second-order valence-electron chi connectivity index (χ2n) is 9.38. The van der Waals surface area contributed by atoms with Crippen LogP contribution in [0.15, 0.2) is 108 Å². The normalized spacial score (nSPS) is 11.5. The van der Waals surface area contributed by atoms with Crippen molar-refractivity contribution in [2.24, 2.45) is 5.10 Å². The Kier molecular flexibility index (Phi) is 7.47. The summed E-state index contributed by atoms with van der Waals surface area (Å²) in [6, 6.07) is 26.5. The van der Waals surface area contributed by atoms with E-state index in [-0.39, 0.29) is 11.4 Å². The van der Waals surface area contributed by atoms with Crippen LogP contribution in [0, 0.1) is 6.92 Å². The van der Waals surface area contributed by atoms with Gasteiger partial charge < -0.3 is 13.9 Å². The summed E-state index contributed by atoms with van der Waals surface area (Å²) in [5.74, 6) is 2.00. The molecule has 0 bridgehead atoms. The van der Waals surface area contributed by atoms with Crippen molar-refractivity contribution in [2.45, 2.75) is 13.5 Å². The maximum atomic E-state index is 13.6. The molecule has 0 N–H and O–H groups in total. The first-order chi connectivity index (χ1) is 19.9. The number of fused-ring (bicyclic) bond motifs is 2. The third kappa shape index (κ3) is 5.42. The van der Waals surface area contributed by atoms with Crippen molar-refractivity contribution in [3.63, 3.8) is 0 Å². The number of methoxy groups -OCH3 is 1. The van der Waals surface area contributed by atoms with E-state index in [1.54, 1.807) is 31.5 Å². The molecule has 0 unspecified atom stereocenters. The molecule has 0 spiro atoms. The number of benzene rings is 4. The van der Waals surface area contributed by atoms with Crippen LogP contribution in [-0.2, 0) is 6.61 Å². The number of para-hydroxylation sites is 1. The standard InChI is InChI=1S/C32H23Br2N3O4/c1-19-10-12-20(13-11-19)18-40-30-24(33)14-21(15-25(30)34)17-35-37-31(36-26-7-4-3-6-22(26)32(37)38)29-16-23-27(39-2)8-5-9-28(23)41-29/h3-17H,18H2,1-2H3. The molecule has 0 aliphatic heterocycles. The smallest absolute Gasteiger partial charge is 0.282 e. The first-order valence-electron chi connectivity index (χ1n) is 12.7. The summed E-state index contributed by atoms with van der Waals surface area (Å²) >= 11 is 7.23. The number of halogens is 2. The molecule has 0 atom stereocenters. The van der Waals surface area contributed by atoms with Crippen molar-refractivity contribution >= 4 is 59.9 Å². The molecule has 0 aliphatic carbocycles. The van der Waals surface area contributed by atoms with E-state index in [1.807, 2.05) is 54.6 Å². The van der Waals surface area contributed by atoms with E-state index < -0.39 is 0 Å². The summed E-state index contributed by atoms with van der Waals surface area (Å²) in [6.45, 7) is 2.48. The fourth-order valence-electron chi connectivity index (χ4n) is 4.47. The fourth-order valence-corrected chi connectivity index (χ4v) is 5.92. The number of nitrogens with zero attached hydrogens (tertiary/aromatic N) is 3. The van der Waals surface area contributed by atoms with Gasteiger partial charge >= 0.3 is 0 Å². The van der Waals surface area contributed by atoms with Gasteiger partial charge in [0.1, 0.15) is 23.7 Å². The lowest BCUT2D eigenvalue weighted by molar-refractivity contribution is 0.302. The molecule has 6 rings (SSSR count). The highest BCUT2D eigenvalue weighted by atomic mass is 79.9. The maximum Gasteiger partial charge on any atom is 0.282 e. The van der Waals surface area contributed by atoms with Crippen molar-refractivity contribution in [2.75, 3.05) is 7.11 Å². The van der Waals surface area contributed by atoms with E-state index in [9.17, 15) is 4.79 Å². The van der Waals surface area contributed by atoms with Crippen molar-refractivity contribution in [3.8, 4) is 23.1 Å². The second kappa shape index (κ2) is 11.3. The van der Waals surface area contributed by atoms with Gasteiger partial charge in [-0.15, -0.1) is 0 Å². The zero-order chi connectivity index (χ0) is 28.5. The highest BCUT2D eigenvalue weighted by Gasteiger charge is 2.18. The fraction of sp³-hybridized carbons (Fsp3) is 0.0938. The second-order valence-corrected chi connectivity index (χ2v) is 11.1. The van der Waals surface area contributed by atoms with Gasteiger partial charge in [0, 0.05) is 0 Å². The molecular weight excluding hydrogens is 650 g/mol. The zero-order valence-corrected chi connectivity index (χ0v) is 25.3. The average molecular weight is 673 g/mol. The Hall–Kier alpha value is -4.21. The molecule has 0 fully saturated rings. The Morgan fingerprint density at radius 1 is 0.951 bits per heavy atom. The molecule has 6 aromatic rings. The topological polar surface area (TPSA) is 78.9 Å². The Morgan fingerprint density at radius 3 is 2.46 bits per heavy atom. The summed E-state index contributed by atoms with van der Waals surface area (Å²) < 4.78 is 20.4. The summed E-state index contributed by atoms with van der Waals surface area (Å²) in [6.07, 6.45) is 1.60. The first kappa shape index (κ1) is 27.0. The van der Waals surface area contributed by atoms with Crippen molar-refractivity contribution in [3.05, 3.63) is 121 Å². The zero-order valence-electron chi connectivity index (χ0n) is 22.1. The van der Waals surface area contributed by atoms with Crippen LogP contribution in [0.4, 0.5) is 0 Å². The van der Waals surface area contributed by atoms with E-state index in [4.69, 9.17) is 18.9 Å². The van der Waals surface area contributed by atoms with Gasteiger partial charge in [-0.1, -0.05) is 48.0 Å². The number of ether oxygens (including phenoxy) is 2. The van der Waals surface area contributed by atoms with Gasteiger partial charge in [0.15, 0.2) is 5.76 Å². The molecule has 0 aliphatic rings. The van der Waals surface area contributed by atoms with Gasteiger partial charge in [-0.3, -0.25) is 4.79 Å². The van der Waals surface area contributed by atoms with Gasteiger partial charge in [0.25, 0.3) is 5.56 Å². The molecule has 2 aromatic heterocycles. The van der Waals surface area contributed by atoms with Crippen LogP contribution in [0.2, 0.25) is 0 Å². The predicted molar refractivity (Wildman–Crippen MR) is 168 cm³/mol. The van der Waals surface area contributed by atoms with Gasteiger partial charge in [-0.05, 0) is 92.4 Å². The van der Waals surface area contributed by atoms with Gasteiger partial charge in [-0.2, -0.15) is 9.78 Å². The molecule has 0 saturated carbocycles. The van der Waals surface area contributed by atoms with E-state index in [0.29, 0.717) is 40.4 Å². The number of aromatic nitrogens is 2. The van der Waals surface area contributed by atoms with Crippen molar-refractivity contribution < 1.29 is 13.9 Å². The lowest BCUT2D eigenvalue weighted by atomic mass is 10.2. The molecule has 0 radical (unpaired) electrons. The van der Waals surface area contributed by atoms with E-state index >= 15 is 0 Å². The largest absolute Gasteiger partial charge is 0.496 e. The van der Waals surface area contributed by atoms with Crippen LogP contribution >= 0.6 is 31.9 Å². The van der Waals surface area contributed by atoms with Crippen LogP contribution in [0.5, 0.6) is 11.5 Å². The maximum absolute atomic E-state index is 13.6. The SMILES string of the molecule is COc1cccc2oc(-c3nc4ccccc4c(=O)n3N=Cc3cc(Br)c(OCc4ccc(C)cc4)c(Br)c3)cc12. The molecule has 0 saturated heterocycles. The Bertz CT molecular complexity index is 1970. The van der Waals surface area contributed by atoms with Crippen molar-refractivity contribution in [1.29, 1.82) is 0 Å². The number of hydrogen-bond donors (Lipinski definition) is 0. The molecule has 204 valence electrons. The Balaban J connectivity index is 1.38. The molecular formula is C32H23Br2N3O4. The lowest BCUT2D eigenvalue weighted by Gasteiger charge is -2.12. The van der Waals surface area contributed by atoms with Gasteiger partial charge in [0.05, 0.1) is 38.6 Å². The van der Waals surface area contributed by atoms with E-state index in [2.05, 4.69) is 56.0 Å². The average Bonchev–Trinajstić information content (AvgIpc) is 3.42. The Morgan fingerprint density at radius 2 is 1.71 bits per heavy atom. The number of aryl methyl sites for hydroxylation is 1. The third-order valence-corrected chi connectivity index (χ3v) is 7.74. The lowest BCUT2D eigenvalue weighted by Crippen LogP contribution is -2.20. The number of furan rings is 1. The quantitative estimate of drug-likeness (QED) is 0.160. The van der Waals surface area contributed by atoms with E-state index in [1.165, 1.54) is 10.2 Å². The van der Waals surface area contributed by atoms with Gasteiger partial charge in [0.2, 0.25) is 5.82 Å². The molecule has 9 heteroatoms. The minimum absolute atomic E-state index is 0.277. The monoisotopic (exact) mass is 671 g/mol. The minimum atomic E-state index is -0.314. The van der Waals surface area contributed by atoms with Crippen LogP contribution in [-0.4, -0.2) is 23.0 Å². The van der Waals surface area contributed by atoms with Crippen LogP contribution in [0.25, 0.3) is 33.5 Å². The molecule has 2 heterocycles. The molecule has 41 heavy (non-hydrogen) atoms. The highest BCUT2D eigenvalue weighted by Crippen LogP contribution is 2.36. The number of rotatable bonds is 7. The molecule has 0 amide bonds. The summed E-state index contributed by atoms with van der Waals surface area (Å²) in [5.41, 5.74) is 3.86. The molecule has 4 aromatic carbocycles. The van der Waals surface area contributed by atoms with E-state index in [0.717, 1.165) is 25.5 Å². The summed E-state index contributed by atoms with van der Waals surface area (Å²) in [4.78, 5) is 18.4. The summed E-state index contributed by atoms with van der Waals surface area (Å²) in [7, 11) is 1.60. The number of hydrogen-bond acceptors (Lipinski definition) is 6. The van der Waals surface area contributed by atoms with Crippen molar-refractivity contribution in [1.82, 2.24) is 9.66 Å². The predicted octanol–water partition coefficient (Wildman–Crippen LogP) is 8.11. The van der Waals surface area contributed by atoms with Crippen LogP contribution in [0.3, 0.4) is 0 Å². The summed E-state index contributed by atoms with van der Waals surface area (Å²) in [5, 5.41) is 5.80. The minimum Gasteiger partial charge on any atom is -0.496 e. The molecule has 7 nitrogen and oxygen atoms in total. The third-order valence-electron chi connectivity index (χ3n) is 6.56. The first-order valence-corrected chi connectivity index (χ1v) is 14.3. The Labute approximate surface area is 252 Å². The van der Waals surface area contributed by atoms with Gasteiger partial charge in [-0.25, -0.2) is 4.98 Å². The van der Waals surface area contributed by atoms with Crippen LogP contribution in [0.1, 0.15) is 16.7 Å².